The van der Waals surface area contributed by atoms with Gasteiger partial charge >= 0.3 is 12.2 Å². The molecule has 0 radical (unpaired) electrons. The molecule has 2 aliphatic rings. The standard InChI is InChI=1S/C22H32N2O5/c1-22(2,3)29-21(27)23-13-8-7-11-17(23)12-14-24-18(15-28-20(24)26)19(25)16-9-5-4-6-10-16/h4-6,9-10,17-19,25H,7-8,11-15H2,1-3H3/t17?,18-,19?/m0/s1. The molecule has 0 bridgehead atoms. The third kappa shape index (κ3) is 5.41. The summed E-state index contributed by atoms with van der Waals surface area (Å²) in [6.07, 6.45) is 1.99. The van der Waals surface area contributed by atoms with Crippen LogP contribution in [0.1, 0.15) is 58.1 Å². The number of ether oxygens (including phenoxy) is 2. The first-order valence-electron chi connectivity index (χ1n) is 10.4. The number of likely N-dealkylation sites (tertiary alicyclic amines) is 1. The van der Waals surface area contributed by atoms with Crippen molar-refractivity contribution in [1.82, 2.24) is 9.80 Å². The average molecular weight is 405 g/mol. The number of hydrogen-bond donors (Lipinski definition) is 1. The summed E-state index contributed by atoms with van der Waals surface area (Å²) in [5, 5.41) is 10.8. The first kappa shape index (κ1) is 21.4. The number of hydrogen-bond acceptors (Lipinski definition) is 5. The van der Waals surface area contributed by atoms with E-state index in [1.54, 1.807) is 9.80 Å². The molecule has 2 heterocycles. The van der Waals surface area contributed by atoms with E-state index in [9.17, 15) is 14.7 Å². The number of amides is 2. The molecule has 2 amide bonds. The molecule has 0 saturated carbocycles. The molecule has 160 valence electrons. The Balaban J connectivity index is 1.64. The molecular formula is C22H32N2O5. The van der Waals surface area contributed by atoms with Gasteiger partial charge in [0, 0.05) is 19.1 Å². The number of benzene rings is 1. The van der Waals surface area contributed by atoms with Gasteiger partial charge in [-0.05, 0) is 52.0 Å². The lowest BCUT2D eigenvalue weighted by molar-refractivity contribution is 0.00713. The van der Waals surface area contributed by atoms with E-state index in [1.807, 2.05) is 51.1 Å². The molecule has 0 aromatic heterocycles. The van der Waals surface area contributed by atoms with E-state index in [4.69, 9.17) is 9.47 Å². The van der Waals surface area contributed by atoms with Crippen LogP contribution in [0.15, 0.2) is 30.3 Å². The number of aliphatic hydroxyl groups excluding tert-OH is 1. The predicted octanol–water partition coefficient (Wildman–Crippen LogP) is 3.72. The minimum atomic E-state index is -0.809. The Labute approximate surface area is 172 Å². The Kier molecular flexibility index (Phi) is 6.67. The fraction of sp³-hybridized carbons (Fsp3) is 0.636. The van der Waals surface area contributed by atoms with Crippen molar-refractivity contribution in [2.24, 2.45) is 0 Å². The third-order valence-corrected chi connectivity index (χ3v) is 5.48. The fourth-order valence-electron chi connectivity index (χ4n) is 4.01. The first-order valence-corrected chi connectivity index (χ1v) is 10.4. The predicted molar refractivity (Wildman–Crippen MR) is 108 cm³/mol. The van der Waals surface area contributed by atoms with Crippen molar-refractivity contribution in [2.45, 2.75) is 70.2 Å². The average Bonchev–Trinajstić information content (AvgIpc) is 3.05. The number of aliphatic hydroxyl groups is 1. The third-order valence-electron chi connectivity index (χ3n) is 5.48. The van der Waals surface area contributed by atoms with E-state index in [-0.39, 0.29) is 18.7 Å². The summed E-state index contributed by atoms with van der Waals surface area (Å²) in [5.41, 5.74) is 0.219. The zero-order valence-corrected chi connectivity index (χ0v) is 17.5. The summed E-state index contributed by atoms with van der Waals surface area (Å²) >= 11 is 0. The van der Waals surface area contributed by atoms with Crippen molar-refractivity contribution in [3.8, 4) is 0 Å². The molecule has 1 N–H and O–H groups in total. The van der Waals surface area contributed by atoms with Gasteiger partial charge in [0.25, 0.3) is 0 Å². The van der Waals surface area contributed by atoms with E-state index in [2.05, 4.69) is 0 Å². The van der Waals surface area contributed by atoms with Crippen molar-refractivity contribution in [3.63, 3.8) is 0 Å². The molecular weight excluding hydrogens is 372 g/mol. The number of carbonyl (C=O) groups is 2. The van der Waals surface area contributed by atoms with E-state index in [0.29, 0.717) is 19.5 Å². The lowest BCUT2D eigenvalue weighted by Crippen LogP contribution is -2.48. The van der Waals surface area contributed by atoms with E-state index in [0.717, 1.165) is 24.8 Å². The summed E-state index contributed by atoms with van der Waals surface area (Å²) in [6.45, 7) is 6.84. The molecule has 0 aliphatic carbocycles. The smallest absolute Gasteiger partial charge is 0.410 e. The molecule has 3 rings (SSSR count). The lowest BCUT2D eigenvalue weighted by Gasteiger charge is -2.37. The Bertz CT molecular complexity index is 703. The van der Waals surface area contributed by atoms with Gasteiger partial charge in [-0.15, -0.1) is 0 Å². The van der Waals surface area contributed by atoms with Crippen molar-refractivity contribution in [1.29, 1.82) is 0 Å². The summed E-state index contributed by atoms with van der Waals surface area (Å²) in [4.78, 5) is 28.3. The summed E-state index contributed by atoms with van der Waals surface area (Å²) in [6, 6.07) is 8.89. The molecule has 2 fully saturated rings. The Morgan fingerprint density at radius 1 is 1.28 bits per heavy atom. The second-order valence-corrected chi connectivity index (χ2v) is 8.81. The maximum Gasteiger partial charge on any atom is 0.410 e. The maximum atomic E-state index is 12.6. The van der Waals surface area contributed by atoms with Crippen LogP contribution >= 0.6 is 0 Å². The maximum absolute atomic E-state index is 12.6. The molecule has 0 spiro atoms. The molecule has 2 unspecified atom stereocenters. The number of cyclic esters (lactones) is 1. The highest BCUT2D eigenvalue weighted by molar-refractivity contribution is 5.70. The molecule has 1 aromatic carbocycles. The van der Waals surface area contributed by atoms with Gasteiger partial charge in [-0.25, -0.2) is 9.59 Å². The van der Waals surface area contributed by atoms with E-state index < -0.39 is 23.8 Å². The van der Waals surface area contributed by atoms with Gasteiger partial charge in [-0.3, -0.25) is 4.90 Å². The molecule has 7 heteroatoms. The Morgan fingerprint density at radius 2 is 2.00 bits per heavy atom. The summed E-state index contributed by atoms with van der Waals surface area (Å²) < 4.78 is 10.8. The normalized spacial score (nSPS) is 23.7. The Hall–Kier alpha value is -2.28. The van der Waals surface area contributed by atoms with Gasteiger partial charge in [-0.1, -0.05) is 30.3 Å². The quantitative estimate of drug-likeness (QED) is 0.809. The molecule has 29 heavy (non-hydrogen) atoms. The van der Waals surface area contributed by atoms with Gasteiger partial charge in [0.15, 0.2) is 0 Å². The highest BCUT2D eigenvalue weighted by Gasteiger charge is 2.39. The van der Waals surface area contributed by atoms with Crippen LogP contribution in [0.5, 0.6) is 0 Å². The minimum Gasteiger partial charge on any atom is -0.447 e. The van der Waals surface area contributed by atoms with E-state index >= 15 is 0 Å². The van der Waals surface area contributed by atoms with Crippen LogP contribution in [0, 0.1) is 0 Å². The highest BCUT2D eigenvalue weighted by Crippen LogP contribution is 2.28. The molecule has 2 saturated heterocycles. The Morgan fingerprint density at radius 3 is 2.69 bits per heavy atom. The summed E-state index contributed by atoms with van der Waals surface area (Å²) in [7, 11) is 0. The number of carbonyl (C=O) groups excluding carboxylic acids is 2. The number of nitrogens with zero attached hydrogens (tertiary/aromatic N) is 2. The van der Waals surface area contributed by atoms with Crippen molar-refractivity contribution < 1.29 is 24.2 Å². The minimum absolute atomic E-state index is 0.0153. The largest absolute Gasteiger partial charge is 0.447 e. The molecule has 7 nitrogen and oxygen atoms in total. The van der Waals surface area contributed by atoms with Crippen LogP contribution in [0.25, 0.3) is 0 Å². The lowest BCUT2D eigenvalue weighted by atomic mass is 9.98. The SMILES string of the molecule is CC(C)(C)OC(=O)N1CCCCC1CCN1C(=O)OC[C@H]1C(O)c1ccccc1. The van der Waals surface area contributed by atoms with Gasteiger partial charge in [0.05, 0.1) is 6.04 Å². The van der Waals surface area contributed by atoms with E-state index in [1.165, 1.54) is 0 Å². The second kappa shape index (κ2) is 9.03. The van der Waals surface area contributed by atoms with Gasteiger partial charge in [-0.2, -0.15) is 0 Å². The first-order chi connectivity index (χ1) is 13.8. The van der Waals surface area contributed by atoms with Crippen LogP contribution in [-0.2, 0) is 9.47 Å². The van der Waals surface area contributed by atoms with Crippen LogP contribution in [0.4, 0.5) is 9.59 Å². The van der Waals surface area contributed by atoms with Crippen LogP contribution in [-0.4, -0.2) is 64.5 Å². The molecule has 1 aromatic rings. The van der Waals surface area contributed by atoms with Crippen LogP contribution in [0.3, 0.4) is 0 Å². The van der Waals surface area contributed by atoms with Crippen molar-refractivity contribution in [3.05, 3.63) is 35.9 Å². The van der Waals surface area contributed by atoms with Gasteiger partial charge in [0.2, 0.25) is 0 Å². The van der Waals surface area contributed by atoms with Crippen LogP contribution < -0.4 is 0 Å². The molecule has 2 aliphatic heterocycles. The van der Waals surface area contributed by atoms with Gasteiger partial charge < -0.3 is 19.5 Å². The molecule has 3 atom stereocenters. The highest BCUT2D eigenvalue weighted by atomic mass is 16.6. The topological polar surface area (TPSA) is 79.3 Å². The van der Waals surface area contributed by atoms with Gasteiger partial charge in [0.1, 0.15) is 18.3 Å². The van der Waals surface area contributed by atoms with Crippen molar-refractivity contribution in [2.75, 3.05) is 19.7 Å². The number of rotatable bonds is 5. The van der Waals surface area contributed by atoms with Crippen molar-refractivity contribution >= 4 is 12.2 Å². The number of piperidine rings is 1. The summed E-state index contributed by atoms with van der Waals surface area (Å²) in [5.74, 6) is 0. The second-order valence-electron chi connectivity index (χ2n) is 8.81. The zero-order chi connectivity index (χ0) is 21.0. The van der Waals surface area contributed by atoms with Crippen LogP contribution in [0.2, 0.25) is 0 Å². The monoisotopic (exact) mass is 404 g/mol. The fourth-order valence-corrected chi connectivity index (χ4v) is 4.01. The zero-order valence-electron chi connectivity index (χ0n) is 17.5.